The summed E-state index contributed by atoms with van der Waals surface area (Å²) in [6.07, 6.45) is 1.77. The summed E-state index contributed by atoms with van der Waals surface area (Å²) in [6.45, 7) is 8.51. The second kappa shape index (κ2) is 5.35. The standard InChI is InChI=1S/C11H24N2O/c1-6-9(3)13(5)10(14)11(4,7-2)8-12/h9H,6-8,12H2,1-5H3. The topological polar surface area (TPSA) is 46.3 Å². The molecule has 0 spiro atoms. The van der Waals surface area contributed by atoms with Gasteiger partial charge in [0.15, 0.2) is 0 Å². The largest absolute Gasteiger partial charge is 0.343 e. The van der Waals surface area contributed by atoms with Gasteiger partial charge in [-0.3, -0.25) is 4.79 Å². The van der Waals surface area contributed by atoms with Crippen molar-refractivity contribution in [2.75, 3.05) is 13.6 Å². The molecule has 2 N–H and O–H groups in total. The summed E-state index contributed by atoms with van der Waals surface area (Å²) in [6, 6.07) is 0.292. The van der Waals surface area contributed by atoms with Crippen LogP contribution in [-0.4, -0.2) is 30.4 Å². The summed E-state index contributed by atoms with van der Waals surface area (Å²) in [5.41, 5.74) is 5.26. The Kier molecular flexibility index (Phi) is 5.13. The summed E-state index contributed by atoms with van der Waals surface area (Å²) in [5, 5.41) is 0. The quantitative estimate of drug-likeness (QED) is 0.733. The van der Waals surface area contributed by atoms with Crippen molar-refractivity contribution in [3.05, 3.63) is 0 Å². The molecule has 0 saturated carbocycles. The molecule has 3 heteroatoms. The molecule has 0 radical (unpaired) electrons. The zero-order valence-corrected chi connectivity index (χ0v) is 10.1. The zero-order valence-electron chi connectivity index (χ0n) is 10.1. The minimum absolute atomic E-state index is 0.164. The first-order valence-corrected chi connectivity index (χ1v) is 5.40. The van der Waals surface area contributed by atoms with Gasteiger partial charge < -0.3 is 10.6 Å². The van der Waals surface area contributed by atoms with Crippen molar-refractivity contribution in [3.63, 3.8) is 0 Å². The van der Waals surface area contributed by atoms with Gasteiger partial charge in [0.2, 0.25) is 5.91 Å². The second-order valence-electron chi connectivity index (χ2n) is 4.29. The number of carbonyl (C=O) groups excluding carboxylic acids is 1. The van der Waals surface area contributed by atoms with E-state index in [1.807, 2.05) is 25.8 Å². The molecule has 0 aliphatic rings. The minimum Gasteiger partial charge on any atom is -0.343 e. The molecule has 14 heavy (non-hydrogen) atoms. The van der Waals surface area contributed by atoms with Crippen LogP contribution >= 0.6 is 0 Å². The normalized spacial score (nSPS) is 17.3. The van der Waals surface area contributed by atoms with Gasteiger partial charge in [0.25, 0.3) is 0 Å². The molecule has 3 nitrogen and oxygen atoms in total. The number of rotatable bonds is 5. The summed E-state index contributed by atoms with van der Waals surface area (Å²) < 4.78 is 0. The molecule has 0 fully saturated rings. The van der Waals surface area contributed by atoms with E-state index in [0.29, 0.717) is 12.6 Å². The third-order valence-corrected chi connectivity index (χ3v) is 3.32. The van der Waals surface area contributed by atoms with E-state index >= 15 is 0 Å². The Bertz CT molecular complexity index is 188. The van der Waals surface area contributed by atoms with E-state index in [9.17, 15) is 4.79 Å². The lowest BCUT2D eigenvalue weighted by Gasteiger charge is -2.33. The van der Waals surface area contributed by atoms with E-state index in [1.165, 1.54) is 0 Å². The molecule has 0 bridgehead atoms. The summed E-state index contributed by atoms with van der Waals surface area (Å²) >= 11 is 0. The van der Waals surface area contributed by atoms with Gasteiger partial charge in [-0.1, -0.05) is 13.8 Å². The molecule has 0 aliphatic carbocycles. The van der Waals surface area contributed by atoms with Crippen molar-refractivity contribution in [2.24, 2.45) is 11.1 Å². The lowest BCUT2D eigenvalue weighted by molar-refractivity contribution is -0.141. The first kappa shape index (κ1) is 13.4. The fourth-order valence-corrected chi connectivity index (χ4v) is 1.28. The van der Waals surface area contributed by atoms with Crippen molar-refractivity contribution in [1.29, 1.82) is 0 Å². The van der Waals surface area contributed by atoms with Crippen LogP contribution in [0.25, 0.3) is 0 Å². The van der Waals surface area contributed by atoms with Crippen molar-refractivity contribution in [3.8, 4) is 0 Å². The Balaban J connectivity index is 4.59. The molecule has 1 amide bonds. The molecule has 0 aliphatic heterocycles. The highest BCUT2D eigenvalue weighted by atomic mass is 16.2. The highest BCUT2D eigenvalue weighted by molar-refractivity contribution is 5.82. The average Bonchev–Trinajstić information content (AvgIpc) is 2.24. The Hall–Kier alpha value is -0.570. The van der Waals surface area contributed by atoms with E-state index in [2.05, 4.69) is 13.8 Å². The van der Waals surface area contributed by atoms with Gasteiger partial charge in [-0.25, -0.2) is 0 Å². The second-order valence-corrected chi connectivity index (χ2v) is 4.29. The SMILES string of the molecule is CCC(C)N(C)C(=O)C(C)(CC)CN. The molecule has 0 rings (SSSR count). The van der Waals surface area contributed by atoms with E-state index in [-0.39, 0.29) is 5.91 Å². The molecule has 0 aromatic rings. The minimum atomic E-state index is -0.391. The van der Waals surface area contributed by atoms with Crippen LogP contribution in [0.5, 0.6) is 0 Å². The van der Waals surface area contributed by atoms with Crippen LogP contribution in [0.15, 0.2) is 0 Å². The van der Waals surface area contributed by atoms with Crippen molar-refractivity contribution >= 4 is 5.91 Å². The first-order valence-electron chi connectivity index (χ1n) is 5.40. The van der Waals surface area contributed by atoms with Crippen LogP contribution in [0.1, 0.15) is 40.5 Å². The Labute approximate surface area is 87.6 Å². The molecule has 0 aromatic heterocycles. The fraction of sp³-hybridized carbons (Fsp3) is 0.909. The maximum Gasteiger partial charge on any atom is 0.229 e. The number of nitrogens with two attached hydrogens (primary N) is 1. The smallest absolute Gasteiger partial charge is 0.229 e. The summed E-state index contributed by atoms with van der Waals surface area (Å²) in [5.74, 6) is 0.164. The fourth-order valence-electron chi connectivity index (χ4n) is 1.28. The van der Waals surface area contributed by atoms with Crippen LogP contribution in [0, 0.1) is 5.41 Å². The third kappa shape index (κ3) is 2.71. The van der Waals surface area contributed by atoms with Gasteiger partial charge in [0.1, 0.15) is 0 Å². The molecule has 0 saturated heterocycles. The maximum absolute atomic E-state index is 12.1. The highest BCUT2D eigenvalue weighted by Crippen LogP contribution is 2.23. The highest BCUT2D eigenvalue weighted by Gasteiger charge is 2.33. The first-order chi connectivity index (χ1) is 6.42. The molecular weight excluding hydrogens is 176 g/mol. The number of amides is 1. The number of carbonyl (C=O) groups is 1. The van der Waals surface area contributed by atoms with Crippen molar-refractivity contribution in [1.82, 2.24) is 4.90 Å². The predicted molar refractivity (Wildman–Crippen MR) is 60.0 cm³/mol. The predicted octanol–water partition coefficient (Wildman–Crippen LogP) is 1.62. The van der Waals surface area contributed by atoms with Crippen molar-refractivity contribution < 1.29 is 4.79 Å². The summed E-state index contributed by atoms with van der Waals surface area (Å²) in [7, 11) is 1.86. The maximum atomic E-state index is 12.1. The molecule has 84 valence electrons. The zero-order chi connectivity index (χ0) is 11.4. The number of nitrogens with zero attached hydrogens (tertiary/aromatic N) is 1. The van der Waals surface area contributed by atoms with Gasteiger partial charge >= 0.3 is 0 Å². The molecule has 2 atom stereocenters. The number of hydrogen-bond donors (Lipinski definition) is 1. The van der Waals surface area contributed by atoms with E-state index in [0.717, 1.165) is 12.8 Å². The van der Waals surface area contributed by atoms with E-state index < -0.39 is 5.41 Å². The summed E-state index contributed by atoms with van der Waals surface area (Å²) in [4.78, 5) is 13.9. The number of hydrogen-bond acceptors (Lipinski definition) is 2. The Morgan fingerprint density at radius 2 is 2.00 bits per heavy atom. The molecule has 0 aromatic carbocycles. The molecule has 2 unspecified atom stereocenters. The van der Waals surface area contributed by atoms with Crippen LogP contribution < -0.4 is 5.73 Å². The van der Waals surface area contributed by atoms with Crippen LogP contribution in [0.3, 0.4) is 0 Å². The molecule has 0 heterocycles. The van der Waals surface area contributed by atoms with Crippen molar-refractivity contribution in [2.45, 2.75) is 46.6 Å². The lowest BCUT2D eigenvalue weighted by atomic mass is 9.85. The third-order valence-electron chi connectivity index (χ3n) is 3.32. The average molecular weight is 200 g/mol. The van der Waals surface area contributed by atoms with E-state index in [4.69, 9.17) is 5.73 Å². The Morgan fingerprint density at radius 3 is 2.29 bits per heavy atom. The van der Waals surface area contributed by atoms with Crippen LogP contribution in [0.2, 0.25) is 0 Å². The molecular formula is C11H24N2O. The van der Waals surface area contributed by atoms with E-state index in [1.54, 1.807) is 0 Å². The van der Waals surface area contributed by atoms with Gasteiger partial charge in [0, 0.05) is 19.6 Å². The van der Waals surface area contributed by atoms with Crippen LogP contribution in [-0.2, 0) is 4.79 Å². The van der Waals surface area contributed by atoms with Crippen LogP contribution in [0.4, 0.5) is 0 Å². The monoisotopic (exact) mass is 200 g/mol. The van der Waals surface area contributed by atoms with Gasteiger partial charge in [-0.15, -0.1) is 0 Å². The van der Waals surface area contributed by atoms with Gasteiger partial charge in [0.05, 0.1) is 5.41 Å². The van der Waals surface area contributed by atoms with Gasteiger partial charge in [-0.2, -0.15) is 0 Å². The van der Waals surface area contributed by atoms with Gasteiger partial charge in [-0.05, 0) is 26.7 Å². The Morgan fingerprint density at radius 1 is 1.50 bits per heavy atom. The lowest BCUT2D eigenvalue weighted by Crippen LogP contribution is -2.47.